The summed E-state index contributed by atoms with van der Waals surface area (Å²) in [6.45, 7) is 2.60. The summed E-state index contributed by atoms with van der Waals surface area (Å²) in [5.74, 6) is 0.957. The van der Waals surface area contributed by atoms with Crippen LogP contribution in [0.15, 0.2) is 97.1 Å². The average molecular weight is 477 g/mol. The van der Waals surface area contributed by atoms with Crippen molar-refractivity contribution in [3.05, 3.63) is 119 Å². The molecule has 0 saturated carbocycles. The minimum atomic E-state index is -0.982. The Bertz CT molecular complexity index is 1470. The third-order valence-electron chi connectivity index (χ3n) is 7.73. The Kier molecular flexibility index (Phi) is 5.04. The van der Waals surface area contributed by atoms with E-state index in [1.165, 1.54) is 0 Å². The van der Waals surface area contributed by atoms with E-state index in [0.29, 0.717) is 13.0 Å². The lowest BCUT2D eigenvalue weighted by molar-refractivity contribution is -0.123. The molecular weight excluding hydrogens is 448 g/mol. The Labute approximate surface area is 211 Å². The highest BCUT2D eigenvalue weighted by molar-refractivity contribution is 6.10. The number of aromatic hydroxyl groups is 1. The van der Waals surface area contributed by atoms with Crippen LogP contribution in [0.2, 0.25) is 0 Å². The molecule has 180 valence electrons. The van der Waals surface area contributed by atoms with Crippen molar-refractivity contribution in [2.75, 3.05) is 17.3 Å². The van der Waals surface area contributed by atoms with Gasteiger partial charge in [-0.25, -0.2) is 0 Å². The van der Waals surface area contributed by atoms with Crippen molar-refractivity contribution in [2.45, 2.75) is 30.8 Å². The van der Waals surface area contributed by atoms with Crippen LogP contribution in [-0.4, -0.2) is 18.1 Å². The number of carbonyl (C=O) groups excluding carboxylic acids is 1. The Morgan fingerprint density at radius 1 is 0.889 bits per heavy atom. The van der Waals surface area contributed by atoms with E-state index in [1.54, 1.807) is 13.2 Å². The van der Waals surface area contributed by atoms with Gasteiger partial charge < -0.3 is 20.1 Å². The van der Waals surface area contributed by atoms with Gasteiger partial charge >= 0.3 is 0 Å². The number of hydrogen-bond donors (Lipinski definition) is 2. The molecule has 0 unspecified atom stereocenters. The van der Waals surface area contributed by atoms with E-state index in [2.05, 4.69) is 12.2 Å². The first-order valence-corrected chi connectivity index (χ1v) is 12.2. The molecule has 5 nitrogen and oxygen atoms in total. The number of carbonyl (C=O) groups is 1. The number of para-hydroxylation sites is 2. The van der Waals surface area contributed by atoms with Crippen LogP contribution in [-0.2, 0) is 22.3 Å². The molecule has 2 heterocycles. The smallest absolute Gasteiger partial charge is 0.257 e. The molecule has 0 aromatic heterocycles. The molecule has 6 rings (SSSR count). The van der Waals surface area contributed by atoms with Crippen LogP contribution < -0.4 is 15.0 Å². The van der Waals surface area contributed by atoms with Crippen molar-refractivity contribution in [3.63, 3.8) is 0 Å². The van der Waals surface area contributed by atoms with Gasteiger partial charge in [-0.15, -0.1) is 0 Å². The van der Waals surface area contributed by atoms with Gasteiger partial charge in [0.15, 0.2) is 0 Å². The van der Waals surface area contributed by atoms with E-state index >= 15 is 0 Å². The molecular formula is C31H28N2O3. The molecule has 0 aliphatic carbocycles. The van der Waals surface area contributed by atoms with Gasteiger partial charge in [-0.2, -0.15) is 0 Å². The lowest BCUT2D eigenvalue weighted by Gasteiger charge is -2.46. The fraction of sp³-hybridized carbons (Fsp3) is 0.194. The predicted octanol–water partition coefficient (Wildman–Crippen LogP) is 5.96. The van der Waals surface area contributed by atoms with Crippen molar-refractivity contribution < 1.29 is 14.6 Å². The number of anilines is 2. The highest BCUT2D eigenvalue weighted by Crippen LogP contribution is 2.57. The number of methoxy groups -OCH3 is 1. The van der Waals surface area contributed by atoms with Gasteiger partial charge in [-0.1, -0.05) is 73.7 Å². The first-order chi connectivity index (χ1) is 17.5. The molecule has 0 fully saturated rings. The second-order valence-electron chi connectivity index (χ2n) is 9.86. The summed E-state index contributed by atoms with van der Waals surface area (Å²) in [7, 11) is 1.65. The topological polar surface area (TPSA) is 61.8 Å². The number of rotatable bonds is 4. The van der Waals surface area contributed by atoms with Crippen molar-refractivity contribution in [1.82, 2.24) is 0 Å². The van der Waals surface area contributed by atoms with Crippen molar-refractivity contribution >= 4 is 17.3 Å². The minimum Gasteiger partial charge on any atom is -0.508 e. The minimum absolute atomic E-state index is 0.00988. The molecule has 2 N–H and O–H groups in total. The Balaban J connectivity index is 1.55. The zero-order valence-electron chi connectivity index (χ0n) is 20.4. The third-order valence-corrected chi connectivity index (χ3v) is 7.73. The van der Waals surface area contributed by atoms with Gasteiger partial charge in [0.1, 0.15) is 17.0 Å². The summed E-state index contributed by atoms with van der Waals surface area (Å²) in [5, 5.41) is 14.6. The van der Waals surface area contributed by atoms with Gasteiger partial charge in [-0.3, -0.25) is 4.79 Å². The van der Waals surface area contributed by atoms with Crippen LogP contribution in [0.25, 0.3) is 0 Å². The number of ether oxygens (including phenoxy) is 1. The second-order valence-corrected chi connectivity index (χ2v) is 9.86. The molecule has 0 radical (unpaired) electrons. The normalized spacial score (nSPS) is 22.2. The molecule has 1 amide bonds. The molecule has 2 aliphatic rings. The predicted molar refractivity (Wildman–Crippen MR) is 142 cm³/mol. The van der Waals surface area contributed by atoms with Gasteiger partial charge in [0.2, 0.25) is 0 Å². The number of amides is 1. The lowest BCUT2D eigenvalue weighted by Crippen LogP contribution is -2.53. The van der Waals surface area contributed by atoms with Crippen molar-refractivity contribution in [3.8, 4) is 11.5 Å². The lowest BCUT2D eigenvalue weighted by atomic mass is 9.63. The molecule has 2 aliphatic heterocycles. The molecule has 0 bridgehead atoms. The highest BCUT2D eigenvalue weighted by atomic mass is 16.5. The largest absolute Gasteiger partial charge is 0.508 e. The zero-order chi connectivity index (χ0) is 24.9. The Morgan fingerprint density at radius 2 is 1.58 bits per heavy atom. The fourth-order valence-corrected chi connectivity index (χ4v) is 6.04. The third kappa shape index (κ3) is 3.19. The second kappa shape index (κ2) is 8.16. The monoisotopic (exact) mass is 476 g/mol. The van der Waals surface area contributed by atoms with Crippen LogP contribution in [0.4, 0.5) is 11.4 Å². The maximum Gasteiger partial charge on any atom is 0.257 e. The van der Waals surface area contributed by atoms with Gasteiger partial charge in [-0.05, 0) is 47.9 Å². The Morgan fingerprint density at radius 3 is 2.33 bits per heavy atom. The number of fused-ring (bicyclic) bond motifs is 3. The van der Waals surface area contributed by atoms with Crippen molar-refractivity contribution in [1.29, 1.82) is 0 Å². The van der Waals surface area contributed by atoms with E-state index in [-0.39, 0.29) is 11.7 Å². The SMILES string of the molecule is COc1ccc2c(c1)[C@@](C)(c1ccccc1O)C[C@@]1(N2)C(=O)N(Cc2ccccc2)c2ccccc21. The average Bonchev–Trinajstić information content (AvgIpc) is 3.12. The highest BCUT2D eigenvalue weighted by Gasteiger charge is 2.58. The summed E-state index contributed by atoms with van der Waals surface area (Å²) < 4.78 is 5.55. The maximum absolute atomic E-state index is 14.5. The van der Waals surface area contributed by atoms with Crippen LogP contribution in [0.3, 0.4) is 0 Å². The quantitative estimate of drug-likeness (QED) is 0.381. The molecule has 36 heavy (non-hydrogen) atoms. The summed E-state index contributed by atoms with van der Waals surface area (Å²) >= 11 is 0. The Hall–Kier alpha value is -4.25. The number of phenols is 1. The molecule has 4 aromatic rings. The van der Waals surface area contributed by atoms with Crippen molar-refractivity contribution in [2.24, 2.45) is 0 Å². The number of nitrogens with zero attached hydrogens (tertiary/aromatic N) is 1. The van der Waals surface area contributed by atoms with E-state index in [1.807, 2.05) is 95.9 Å². The van der Waals surface area contributed by atoms with Gasteiger partial charge in [0.25, 0.3) is 5.91 Å². The maximum atomic E-state index is 14.5. The number of phenolic OH excluding ortho intramolecular Hbond substituents is 1. The number of nitrogens with one attached hydrogen (secondary N) is 1. The molecule has 1 spiro atoms. The molecule has 5 heteroatoms. The zero-order valence-corrected chi connectivity index (χ0v) is 20.4. The van der Waals surface area contributed by atoms with E-state index < -0.39 is 11.0 Å². The fourth-order valence-electron chi connectivity index (χ4n) is 6.04. The van der Waals surface area contributed by atoms with Crippen LogP contribution in [0.5, 0.6) is 11.5 Å². The first kappa shape index (κ1) is 22.2. The standard InChI is InChI=1S/C31H28N2O3/c1-30(24-13-7-9-15-28(24)34)20-31(32-26-17-16-22(36-2)18-25(26)30)23-12-6-8-14-27(23)33(29(31)35)19-21-10-4-3-5-11-21/h3-18,32,34H,19-20H2,1-2H3/t30-,31+/m1/s1. The molecule has 2 atom stereocenters. The number of hydrogen-bond acceptors (Lipinski definition) is 4. The molecule has 0 saturated heterocycles. The van der Waals surface area contributed by atoms with Gasteiger partial charge in [0, 0.05) is 22.2 Å². The van der Waals surface area contributed by atoms with Crippen LogP contribution >= 0.6 is 0 Å². The van der Waals surface area contributed by atoms with E-state index in [0.717, 1.165) is 39.4 Å². The van der Waals surface area contributed by atoms with E-state index in [9.17, 15) is 9.90 Å². The summed E-state index contributed by atoms with van der Waals surface area (Å²) in [6, 6.07) is 31.4. The molecule has 4 aromatic carbocycles. The first-order valence-electron chi connectivity index (χ1n) is 12.2. The van der Waals surface area contributed by atoms with Gasteiger partial charge in [0.05, 0.1) is 19.3 Å². The summed E-state index contributed by atoms with van der Waals surface area (Å²) in [5.41, 5.74) is 3.92. The summed E-state index contributed by atoms with van der Waals surface area (Å²) in [4.78, 5) is 16.3. The number of benzene rings is 4. The van der Waals surface area contributed by atoms with E-state index in [4.69, 9.17) is 4.74 Å². The van der Waals surface area contributed by atoms with Crippen LogP contribution in [0, 0.1) is 0 Å². The van der Waals surface area contributed by atoms with Crippen LogP contribution in [0.1, 0.15) is 35.6 Å². The summed E-state index contributed by atoms with van der Waals surface area (Å²) in [6.07, 6.45) is 0.443.